The minimum absolute atomic E-state index is 0.520. The first-order chi connectivity index (χ1) is 6.89. The minimum atomic E-state index is -1.42. The number of hydrogen-bond donors (Lipinski definition) is 1. The lowest BCUT2D eigenvalue weighted by atomic mass is 10.4. The Morgan fingerprint density at radius 1 is 1.13 bits per heavy atom. The average molecular weight is 250 g/mol. The number of hydrogen-bond acceptors (Lipinski definition) is 3. The van der Waals surface area contributed by atoms with Gasteiger partial charge < -0.3 is 13.8 Å². The molecule has 0 aromatic carbocycles. The fraction of sp³-hybridized carbons (Fsp3) is 1.00. The van der Waals surface area contributed by atoms with E-state index in [1.54, 1.807) is 0 Å². The highest BCUT2D eigenvalue weighted by Crippen LogP contribution is 2.06. The van der Waals surface area contributed by atoms with Crippen molar-refractivity contribution >= 4 is 17.5 Å². The first kappa shape index (κ1) is 15.3. The third-order valence-electron chi connectivity index (χ3n) is 1.93. The SMILES string of the molecule is CCO[SiH](CC(C)N[Si](C)(C)C)OCC. The average Bonchev–Trinajstić information content (AvgIpc) is 2.00. The Hall–Kier alpha value is 0.314. The van der Waals surface area contributed by atoms with E-state index >= 15 is 0 Å². The van der Waals surface area contributed by atoms with Crippen LogP contribution in [0.15, 0.2) is 0 Å². The molecule has 0 aliphatic carbocycles. The Bertz CT molecular complexity index is 156. The van der Waals surface area contributed by atoms with E-state index < -0.39 is 17.5 Å². The van der Waals surface area contributed by atoms with Crippen molar-refractivity contribution in [2.45, 2.75) is 52.5 Å². The summed E-state index contributed by atoms with van der Waals surface area (Å²) in [6, 6.07) is 1.58. The van der Waals surface area contributed by atoms with Gasteiger partial charge in [-0.2, -0.15) is 0 Å². The van der Waals surface area contributed by atoms with Gasteiger partial charge in [0.05, 0.1) is 0 Å². The second kappa shape index (κ2) is 7.56. The monoisotopic (exact) mass is 249 g/mol. The van der Waals surface area contributed by atoms with Crippen LogP contribution in [0.1, 0.15) is 20.8 Å². The standard InChI is InChI=1S/C10H27NO2Si2/c1-7-12-14(13-8-2)9-10(3)11-15(4,5)6/h10-11,14H,7-9H2,1-6H3. The van der Waals surface area contributed by atoms with Crippen molar-refractivity contribution < 1.29 is 8.85 Å². The minimum Gasteiger partial charge on any atom is -0.397 e. The quantitative estimate of drug-likeness (QED) is 0.668. The molecule has 0 bridgehead atoms. The van der Waals surface area contributed by atoms with E-state index in [2.05, 4.69) is 31.5 Å². The van der Waals surface area contributed by atoms with Crippen LogP contribution in [-0.4, -0.2) is 36.8 Å². The fourth-order valence-corrected chi connectivity index (χ4v) is 5.28. The van der Waals surface area contributed by atoms with Gasteiger partial charge in [0.15, 0.2) is 0 Å². The molecule has 0 aromatic heterocycles. The Morgan fingerprint density at radius 3 is 1.93 bits per heavy atom. The van der Waals surface area contributed by atoms with Gasteiger partial charge in [0, 0.05) is 19.3 Å². The maximum Gasteiger partial charge on any atom is 0.322 e. The van der Waals surface area contributed by atoms with Crippen LogP contribution in [0.5, 0.6) is 0 Å². The normalized spacial score (nSPS) is 14.6. The molecule has 0 aliphatic rings. The van der Waals surface area contributed by atoms with E-state index in [0.29, 0.717) is 6.04 Å². The highest BCUT2D eigenvalue weighted by Gasteiger charge is 2.21. The van der Waals surface area contributed by atoms with Crippen LogP contribution < -0.4 is 4.98 Å². The van der Waals surface area contributed by atoms with Crippen molar-refractivity contribution in [3.8, 4) is 0 Å². The van der Waals surface area contributed by atoms with Crippen molar-refractivity contribution in [3.05, 3.63) is 0 Å². The topological polar surface area (TPSA) is 30.5 Å². The molecule has 0 rings (SSSR count). The summed E-state index contributed by atoms with van der Waals surface area (Å²) in [7, 11) is -2.59. The summed E-state index contributed by atoms with van der Waals surface area (Å²) < 4.78 is 11.3. The lowest BCUT2D eigenvalue weighted by Crippen LogP contribution is -2.48. The maximum absolute atomic E-state index is 5.66. The molecule has 15 heavy (non-hydrogen) atoms. The molecule has 92 valence electrons. The second-order valence-corrected chi connectivity index (χ2v) is 11.7. The van der Waals surface area contributed by atoms with Crippen molar-refractivity contribution in [2.24, 2.45) is 0 Å². The molecule has 0 amide bonds. The molecule has 0 aliphatic heterocycles. The molecule has 0 radical (unpaired) electrons. The zero-order valence-corrected chi connectivity index (χ0v) is 13.2. The van der Waals surface area contributed by atoms with Crippen LogP contribution in [-0.2, 0) is 8.85 Å². The van der Waals surface area contributed by atoms with Crippen LogP contribution in [0.4, 0.5) is 0 Å². The Labute approximate surface area is 97.5 Å². The molecule has 0 saturated carbocycles. The molecule has 0 spiro atoms. The van der Waals surface area contributed by atoms with E-state index in [4.69, 9.17) is 8.85 Å². The van der Waals surface area contributed by atoms with Gasteiger partial charge in [0.2, 0.25) is 0 Å². The first-order valence-electron chi connectivity index (χ1n) is 5.90. The molecular formula is C10H27NO2Si2. The van der Waals surface area contributed by atoms with Gasteiger partial charge in [-0.25, -0.2) is 0 Å². The third kappa shape index (κ3) is 9.25. The first-order valence-corrected chi connectivity index (χ1v) is 11.2. The number of nitrogens with one attached hydrogen (secondary N) is 1. The lowest BCUT2D eigenvalue weighted by Gasteiger charge is -2.26. The predicted octanol–water partition coefficient (Wildman–Crippen LogP) is 2.09. The largest absolute Gasteiger partial charge is 0.397 e. The van der Waals surface area contributed by atoms with Gasteiger partial charge in [0.1, 0.15) is 8.24 Å². The molecular weight excluding hydrogens is 222 g/mol. The van der Waals surface area contributed by atoms with Crippen molar-refractivity contribution in [1.82, 2.24) is 4.98 Å². The van der Waals surface area contributed by atoms with E-state index in [1.807, 2.05) is 13.8 Å². The maximum atomic E-state index is 5.66. The summed E-state index contributed by atoms with van der Waals surface area (Å²) >= 11 is 0. The molecule has 0 heterocycles. The van der Waals surface area contributed by atoms with Crippen LogP contribution in [0, 0.1) is 0 Å². The molecule has 3 nitrogen and oxygen atoms in total. The van der Waals surface area contributed by atoms with E-state index in [9.17, 15) is 0 Å². The van der Waals surface area contributed by atoms with Crippen molar-refractivity contribution in [1.29, 1.82) is 0 Å². The zero-order chi connectivity index (χ0) is 11.9. The summed E-state index contributed by atoms with van der Waals surface area (Å²) in [4.78, 5) is 3.68. The van der Waals surface area contributed by atoms with E-state index in [1.165, 1.54) is 0 Å². The number of rotatable bonds is 8. The Morgan fingerprint density at radius 2 is 1.60 bits per heavy atom. The van der Waals surface area contributed by atoms with Gasteiger partial charge in [-0.3, -0.25) is 0 Å². The van der Waals surface area contributed by atoms with Gasteiger partial charge in [-0.05, 0) is 19.9 Å². The van der Waals surface area contributed by atoms with Crippen molar-refractivity contribution in [2.75, 3.05) is 13.2 Å². The summed E-state index contributed by atoms with van der Waals surface area (Å²) in [5.41, 5.74) is 0. The summed E-state index contributed by atoms with van der Waals surface area (Å²) in [6.45, 7) is 14.8. The van der Waals surface area contributed by atoms with Gasteiger partial charge >= 0.3 is 9.28 Å². The molecule has 0 aromatic rings. The summed E-state index contributed by atoms with van der Waals surface area (Å²) in [5, 5.41) is 0. The predicted molar refractivity (Wildman–Crippen MR) is 71.2 cm³/mol. The molecule has 1 unspecified atom stereocenters. The molecule has 1 N–H and O–H groups in total. The van der Waals surface area contributed by atoms with Gasteiger partial charge in [-0.1, -0.05) is 26.6 Å². The Kier molecular flexibility index (Phi) is 7.72. The highest BCUT2D eigenvalue weighted by atomic mass is 28.3. The van der Waals surface area contributed by atoms with Crippen LogP contribution in [0.2, 0.25) is 25.7 Å². The van der Waals surface area contributed by atoms with E-state index in [-0.39, 0.29) is 0 Å². The molecule has 5 heteroatoms. The smallest absolute Gasteiger partial charge is 0.322 e. The zero-order valence-electron chi connectivity index (χ0n) is 11.1. The summed E-state index contributed by atoms with van der Waals surface area (Å²) in [6.07, 6.45) is 0. The second-order valence-electron chi connectivity index (χ2n) is 4.87. The summed E-state index contributed by atoms with van der Waals surface area (Å²) in [5.74, 6) is 0. The molecule has 0 fully saturated rings. The van der Waals surface area contributed by atoms with Crippen LogP contribution in [0.25, 0.3) is 0 Å². The highest BCUT2D eigenvalue weighted by molar-refractivity contribution is 6.73. The van der Waals surface area contributed by atoms with Gasteiger partial charge in [-0.15, -0.1) is 0 Å². The Balaban J connectivity index is 3.93. The van der Waals surface area contributed by atoms with Crippen LogP contribution >= 0.6 is 0 Å². The third-order valence-corrected chi connectivity index (χ3v) is 5.79. The lowest BCUT2D eigenvalue weighted by molar-refractivity contribution is 0.211. The van der Waals surface area contributed by atoms with Crippen LogP contribution in [0.3, 0.4) is 0 Å². The molecule has 0 saturated heterocycles. The van der Waals surface area contributed by atoms with Gasteiger partial charge in [0.25, 0.3) is 0 Å². The van der Waals surface area contributed by atoms with Crippen molar-refractivity contribution in [3.63, 3.8) is 0 Å². The fourth-order valence-electron chi connectivity index (χ4n) is 1.64. The van der Waals surface area contributed by atoms with E-state index in [0.717, 1.165) is 19.3 Å². The molecule has 1 atom stereocenters.